The van der Waals surface area contributed by atoms with Crippen molar-refractivity contribution in [3.05, 3.63) is 113 Å². The molecule has 2 aliphatic rings. The number of fused-ring (bicyclic) bond motifs is 4. The van der Waals surface area contributed by atoms with Crippen LogP contribution in [0, 0.1) is 6.92 Å². The van der Waals surface area contributed by atoms with Crippen LogP contribution in [-0.4, -0.2) is 40.3 Å². The number of amides is 4. The molecule has 3 heterocycles. The van der Waals surface area contributed by atoms with Gasteiger partial charge in [0.25, 0.3) is 11.8 Å². The second-order valence-electron chi connectivity index (χ2n) is 9.42. The first-order valence-electron chi connectivity index (χ1n) is 12.3. The number of aromatic amines is 1. The minimum absolute atomic E-state index is 0.266. The molecular weight excluding hydrogens is 464 g/mol. The first-order valence-corrected chi connectivity index (χ1v) is 12.3. The summed E-state index contributed by atoms with van der Waals surface area (Å²) in [5.41, 5.74) is 5.48. The molecule has 0 bridgehead atoms. The van der Waals surface area contributed by atoms with E-state index in [0.29, 0.717) is 6.42 Å². The van der Waals surface area contributed by atoms with E-state index < -0.39 is 18.1 Å². The number of imide groups is 1. The van der Waals surface area contributed by atoms with Crippen LogP contribution in [0.15, 0.2) is 85.5 Å². The fraction of sp³-hybridized carbons (Fsp3) is 0.167. The Labute approximate surface area is 214 Å². The van der Waals surface area contributed by atoms with Gasteiger partial charge >= 0.3 is 6.03 Å². The van der Waals surface area contributed by atoms with Crippen LogP contribution >= 0.6 is 0 Å². The maximum absolute atomic E-state index is 14.1. The lowest BCUT2D eigenvalue weighted by molar-refractivity contribution is -0.120. The number of carbonyl (C=O) groups excluding carboxylic acids is 3. The van der Waals surface area contributed by atoms with Gasteiger partial charge in [0.15, 0.2) is 0 Å². The summed E-state index contributed by atoms with van der Waals surface area (Å²) >= 11 is 0. The number of para-hydroxylation sites is 2. The summed E-state index contributed by atoms with van der Waals surface area (Å²) < 4.78 is 0. The molecule has 1 fully saturated rings. The highest BCUT2D eigenvalue weighted by Crippen LogP contribution is 2.45. The lowest BCUT2D eigenvalue weighted by atomic mass is 9.87. The number of benzene rings is 3. The van der Waals surface area contributed by atoms with Crippen molar-refractivity contribution < 1.29 is 14.4 Å². The molecule has 0 unspecified atom stereocenters. The summed E-state index contributed by atoms with van der Waals surface area (Å²) in [5.74, 6) is -0.698. The molecule has 0 aliphatic carbocycles. The molecule has 4 aromatic rings. The highest BCUT2D eigenvalue weighted by atomic mass is 16.2. The van der Waals surface area contributed by atoms with E-state index in [0.717, 1.165) is 33.3 Å². The Morgan fingerprint density at radius 2 is 1.78 bits per heavy atom. The summed E-state index contributed by atoms with van der Waals surface area (Å²) in [6, 6.07) is 21.1. The minimum atomic E-state index is -0.687. The predicted octanol–water partition coefficient (Wildman–Crippen LogP) is 4.88. The Morgan fingerprint density at radius 1 is 1.05 bits per heavy atom. The Bertz CT molecular complexity index is 1590. The van der Waals surface area contributed by atoms with Crippen molar-refractivity contribution in [3.63, 3.8) is 0 Å². The molecule has 0 radical (unpaired) electrons. The molecule has 0 saturated carbocycles. The predicted molar refractivity (Wildman–Crippen MR) is 143 cm³/mol. The van der Waals surface area contributed by atoms with Crippen molar-refractivity contribution in [2.45, 2.75) is 25.4 Å². The van der Waals surface area contributed by atoms with Gasteiger partial charge in [0.2, 0.25) is 0 Å². The zero-order valence-corrected chi connectivity index (χ0v) is 20.4. The van der Waals surface area contributed by atoms with Crippen molar-refractivity contribution in [1.29, 1.82) is 0 Å². The fourth-order valence-electron chi connectivity index (χ4n) is 5.64. The molecule has 1 saturated heterocycles. The molecule has 1 aromatic heterocycles. The van der Waals surface area contributed by atoms with Crippen molar-refractivity contribution >= 4 is 34.4 Å². The SMILES string of the molecule is C=CCNC(=O)c1ccccc1N1C(=O)[C@@H]2Cc3c([nH]c4ccccc34)[C@H](c3ccccc3C)N2C1=O. The molecule has 0 spiro atoms. The van der Waals surface area contributed by atoms with Gasteiger partial charge in [-0.25, -0.2) is 9.69 Å². The molecule has 6 rings (SSSR count). The smallest absolute Gasteiger partial charge is 0.332 e. The standard InChI is InChI=1S/C30H26N4O3/c1-3-16-31-28(35)21-13-7-9-15-24(21)34-29(36)25-17-22-20-12-6-8-14-23(20)32-26(22)27(33(25)30(34)37)19-11-5-4-10-18(19)2/h3-15,25,27,32H,1,16-17H2,2H3,(H,31,35)/t25-,27-/m0/s1. The van der Waals surface area contributed by atoms with Crippen molar-refractivity contribution in [3.8, 4) is 0 Å². The van der Waals surface area contributed by atoms with E-state index in [4.69, 9.17) is 0 Å². The maximum atomic E-state index is 14.1. The Balaban J connectivity index is 1.51. The molecule has 3 aromatic carbocycles. The van der Waals surface area contributed by atoms with Gasteiger partial charge < -0.3 is 10.3 Å². The molecule has 2 N–H and O–H groups in total. The van der Waals surface area contributed by atoms with E-state index in [1.807, 2.05) is 55.5 Å². The van der Waals surface area contributed by atoms with Crippen LogP contribution < -0.4 is 10.2 Å². The second kappa shape index (κ2) is 8.78. The third-order valence-electron chi connectivity index (χ3n) is 7.33. The molecule has 37 heavy (non-hydrogen) atoms. The van der Waals surface area contributed by atoms with E-state index in [9.17, 15) is 14.4 Å². The maximum Gasteiger partial charge on any atom is 0.332 e. The summed E-state index contributed by atoms with van der Waals surface area (Å²) in [7, 11) is 0. The van der Waals surface area contributed by atoms with Crippen LogP contribution in [0.4, 0.5) is 10.5 Å². The van der Waals surface area contributed by atoms with Crippen LogP contribution in [0.3, 0.4) is 0 Å². The number of carbonyl (C=O) groups is 3. The summed E-state index contributed by atoms with van der Waals surface area (Å²) in [5, 5.41) is 3.81. The zero-order valence-electron chi connectivity index (χ0n) is 20.4. The van der Waals surface area contributed by atoms with Gasteiger partial charge in [-0.2, -0.15) is 0 Å². The number of hydrogen-bond acceptors (Lipinski definition) is 3. The van der Waals surface area contributed by atoms with Crippen molar-refractivity contribution in [2.75, 3.05) is 11.4 Å². The monoisotopic (exact) mass is 490 g/mol. The first-order chi connectivity index (χ1) is 18.0. The Morgan fingerprint density at radius 3 is 2.59 bits per heavy atom. The number of anilines is 1. The van der Waals surface area contributed by atoms with E-state index in [1.165, 1.54) is 4.90 Å². The van der Waals surface area contributed by atoms with Crippen LogP contribution in [-0.2, 0) is 11.2 Å². The molecule has 2 atom stereocenters. The van der Waals surface area contributed by atoms with Gasteiger partial charge in [-0.15, -0.1) is 6.58 Å². The fourth-order valence-corrected chi connectivity index (χ4v) is 5.64. The number of aryl methyl sites for hydroxylation is 1. The third kappa shape index (κ3) is 3.46. The van der Waals surface area contributed by atoms with Crippen LogP contribution in [0.2, 0.25) is 0 Å². The van der Waals surface area contributed by atoms with Crippen LogP contribution in [0.1, 0.15) is 38.8 Å². The van der Waals surface area contributed by atoms with Gasteiger partial charge in [0.05, 0.1) is 11.3 Å². The number of aromatic nitrogens is 1. The lowest BCUT2D eigenvalue weighted by Crippen LogP contribution is -2.44. The lowest BCUT2D eigenvalue weighted by Gasteiger charge is -2.36. The number of urea groups is 1. The normalized spacial score (nSPS) is 18.6. The van der Waals surface area contributed by atoms with Gasteiger partial charge in [0.1, 0.15) is 12.1 Å². The number of H-pyrrole nitrogens is 1. The summed E-state index contributed by atoms with van der Waals surface area (Å²) in [6.45, 7) is 5.93. The molecule has 7 nitrogen and oxygen atoms in total. The largest absolute Gasteiger partial charge is 0.356 e. The number of rotatable bonds is 5. The van der Waals surface area contributed by atoms with E-state index in [-0.39, 0.29) is 29.6 Å². The first kappa shape index (κ1) is 22.8. The number of nitrogens with one attached hydrogen (secondary N) is 2. The molecule has 7 heteroatoms. The quantitative estimate of drug-likeness (QED) is 0.309. The minimum Gasteiger partial charge on any atom is -0.356 e. The van der Waals surface area contributed by atoms with Gasteiger partial charge in [0, 0.05) is 29.6 Å². The van der Waals surface area contributed by atoms with E-state index in [2.05, 4.69) is 16.9 Å². The van der Waals surface area contributed by atoms with Gasteiger partial charge in [-0.05, 0) is 41.8 Å². The molecule has 2 aliphatic heterocycles. The number of hydrogen-bond donors (Lipinski definition) is 2. The summed E-state index contributed by atoms with van der Waals surface area (Å²) in [4.78, 5) is 47.4. The average molecular weight is 491 g/mol. The topological polar surface area (TPSA) is 85.5 Å². The molecule has 4 amide bonds. The highest BCUT2D eigenvalue weighted by molar-refractivity contribution is 6.24. The van der Waals surface area contributed by atoms with E-state index in [1.54, 1.807) is 35.2 Å². The number of nitrogens with zero attached hydrogens (tertiary/aromatic N) is 2. The summed E-state index contributed by atoms with van der Waals surface area (Å²) in [6.07, 6.45) is 1.98. The highest BCUT2D eigenvalue weighted by Gasteiger charge is 2.53. The molecular formula is C30H26N4O3. The Kier molecular flexibility index (Phi) is 5.41. The van der Waals surface area contributed by atoms with Crippen molar-refractivity contribution in [2.24, 2.45) is 0 Å². The van der Waals surface area contributed by atoms with Crippen LogP contribution in [0.25, 0.3) is 10.9 Å². The van der Waals surface area contributed by atoms with Crippen LogP contribution in [0.5, 0.6) is 0 Å². The van der Waals surface area contributed by atoms with Gasteiger partial charge in [-0.3, -0.25) is 14.5 Å². The third-order valence-corrected chi connectivity index (χ3v) is 7.33. The van der Waals surface area contributed by atoms with Crippen molar-refractivity contribution in [1.82, 2.24) is 15.2 Å². The Hall–Kier alpha value is -4.65. The van der Waals surface area contributed by atoms with E-state index >= 15 is 0 Å². The molecule has 184 valence electrons. The second-order valence-corrected chi connectivity index (χ2v) is 9.42. The van der Waals surface area contributed by atoms with Gasteiger partial charge in [-0.1, -0.05) is 60.7 Å². The average Bonchev–Trinajstić information content (AvgIpc) is 3.41. The zero-order chi connectivity index (χ0) is 25.7.